The van der Waals surface area contributed by atoms with Crippen molar-refractivity contribution in [1.29, 1.82) is 0 Å². The maximum absolute atomic E-state index is 11.8. The number of likely N-dealkylation sites (N-methyl/N-ethyl adjacent to an activating group) is 1. The van der Waals surface area contributed by atoms with Gasteiger partial charge < -0.3 is 19.5 Å². The molecule has 5 heteroatoms. The van der Waals surface area contributed by atoms with Crippen molar-refractivity contribution in [3.05, 3.63) is 0 Å². The molecule has 1 atom stereocenters. The Balaban J connectivity index is 3.37. The lowest BCUT2D eigenvalue weighted by Crippen LogP contribution is -2.73. The lowest BCUT2D eigenvalue weighted by atomic mass is 10.0. The Kier molecular flexibility index (Phi) is 26.8. The number of carboxylic acid groups (broad SMARTS) is 1. The van der Waals surface area contributed by atoms with Gasteiger partial charge in [-0.2, -0.15) is 0 Å². The molecule has 0 radical (unpaired) electrons. The average molecular weight is 569 g/mol. The molecule has 0 aliphatic heterocycles. The van der Waals surface area contributed by atoms with Crippen LogP contribution in [0.25, 0.3) is 0 Å². The molecule has 240 valence electrons. The van der Waals surface area contributed by atoms with Crippen LogP contribution in [0.15, 0.2) is 0 Å². The third kappa shape index (κ3) is 21.1. The van der Waals surface area contributed by atoms with E-state index in [0.29, 0.717) is 6.54 Å². The monoisotopic (exact) mass is 569 g/mol. The molecule has 0 aromatic rings. The van der Waals surface area contributed by atoms with Gasteiger partial charge in [0.15, 0.2) is 5.66 Å². The van der Waals surface area contributed by atoms with Crippen molar-refractivity contribution in [2.45, 2.75) is 186 Å². The highest BCUT2D eigenvalue weighted by molar-refractivity contribution is 5.74. The number of unbranched alkanes of at least 4 members (excludes halogenated alkanes) is 25. The van der Waals surface area contributed by atoms with E-state index in [1.807, 2.05) is 21.1 Å². The number of hydrogen-bond acceptors (Lipinski definition) is 4. The minimum absolute atomic E-state index is 0.151. The van der Waals surface area contributed by atoms with Crippen LogP contribution >= 0.6 is 0 Å². The van der Waals surface area contributed by atoms with Crippen LogP contribution in [-0.2, 0) is 4.79 Å². The fourth-order valence-electron chi connectivity index (χ4n) is 6.01. The molecule has 0 aliphatic carbocycles. The molecule has 0 saturated heterocycles. The normalized spacial score (nSPS) is 13.5. The van der Waals surface area contributed by atoms with E-state index in [2.05, 4.69) is 12.2 Å². The highest BCUT2D eigenvalue weighted by Gasteiger charge is 2.43. The summed E-state index contributed by atoms with van der Waals surface area (Å²) in [6.07, 6.45) is 36.1. The van der Waals surface area contributed by atoms with Crippen molar-refractivity contribution in [3.8, 4) is 0 Å². The number of hydrogen-bond donors (Lipinski definition) is 2. The van der Waals surface area contributed by atoms with Gasteiger partial charge in [0.2, 0.25) is 0 Å². The van der Waals surface area contributed by atoms with Gasteiger partial charge in [-0.15, -0.1) is 0 Å². The van der Waals surface area contributed by atoms with Gasteiger partial charge >= 0.3 is 0 Å². The van der Waals surface area contributed by atoms with Gasteiger partial charge in [0.05, 0.1) is 27.7 Å². The minimum atomic E-state index is -1.24. The third-order valence-corrected chi connectivity index (χ3v) is 8.90. The molecule has 0 aliphatic rings. The van der Waals surface area contributed by atoms with Crippen LogP contribution in [0, 0.1) is 0 Å². The van der Waals surface area contributed by atoms with Crippen molar-refractivity contribution in [1.82, 2.24) is 5.32 Å². The molecule has 0 aromatic heterocycles. The molecule has 40 heavy (non-hydrogen) atoms. The van der Waals surface area contributed by atoms with Gasteiger partial charge in [-0.1, -0.05) is 167 Å². The topological polar surface area (TPSA) is 72.4 Å². The van der Waals surface area contributed by atoms with E-state index >= 15 is 0 Å². The molecule has 0 rings (SSSR count). The predicted octanol–water partition coefficient (Wildman–Crippen LogP) is 8.27. The highest BCUT2D eigenvalue weighted by Crippen LogP contribution is 2.20. The van der Waals surface area contributed by atoms with E-state index in [9.17, 15) is 15.0 Å². The van der Waals surface area contributed by atoms with E-state index in [1.54, 1.807) is 0 Å². The highest BCUT2D eigenvalue weighted by atomic mass is 16.4. The zero-order valence-electron chi connectivity index (χ0n) is 27.7. The Morgan fingerprint density at radius 3 is 1.07 bits per heavy atom. The smallest absolute Gasteiger partial charge is 0.195 e. The first-order valence-electron chi connectivity index (χ1n) is 17.7. The predicted molar refractivity (Wildman–Crippen MR) is 171 cm³/mol. The number of aliphatic hydroxyl groups is 1. The Morgan fingerprint density at radius 1 is 0.575 bits per heavy atom. The Bertz CT molecular complexity index is 549. The summed E-state index contributed by atoms with van der Waals surface area (Å²) < 4.78 is 0.190. The molecule has 0 amide bonds. The number of quaternary nitrogens is 1. The van der Waals surface area contributed by atoms with Crippen molar-refractivity contribution in [2.24, 2.45) is 0 Å². The minimum Gasteiger partial charge on any atom is -0.543 e. The molecule has 2 N–H and O–H groups in total. The first kappa shape index (κ1) is 39.4. The molecule has 5 nitrogen and oxygen atoms in total. The second kappa shape index (κ2) is 27.2. The summed E-state index contributed by atoms with van der Waals surface area (Å²) in [6.45, 7) is 2.76. The van der Waals surface area contributed by atoms with Crippen LogP contribution in [-0.4, -0.2) is 55.5 Å². The van der Waals surface area contributed by atoms with E-state index in [-0.39, 0.29) is 17.5 Å². The molecule has 0 spiro atoms. The number of carboxylic acids is 1. The van der Waals surface area contributed by atoms with E-state index in [4.69, 9.17) is 0 Å². The number of aliphatic hydroxyl groups excluding tert-OH is 1. The summed E-state index contributed by atoms with van der Waals surface area (Å²) in [5.41, 5.74) is -1.24. The van der Waals surface area contributed by atoms with Crippen LogP contribution in [0.2, 0.25) is 0 Å². The number of nitrogens with one attached hydrogen (secondary N) is 1. The lowest BCUT2D eigenvalue weighted by molar-refractivity contribution is -0.920. The average Bonchev–Trinajstić information content (AvgIpc) is 2.91. The zero-order chi connectivity index (χ0) is 29.8. The molecule has 0 aromatic carbocycles. The van der Waals surface area contributed by atoms with E-state index in [0.717, 1.165) is 12.8 Å². The standard InChI is InChI=1S/C35H72N2O3/c1-5-6-7-8-9-10-11-12-13-14-15-16-17-18-19-20-21-22-23-24-25-26-27-28-29-30-32-36-35(31-33-38,34(39)40)37(2,3)4/h36,38H,5-33H2,1-4H3. The first-order chi connectivity index (χ1) is 19.3. The lowest BCUT2D eigenvalue weighted by Gasteiger charge is -2.47. The molecule has 0 heterocycles. The number of rotatable bonds is 32. The molecule has 1 unspecified atom stereocenters. The molecular formula is C35H72N2O3. The molecule has 0 bridgehead atoms. The van der Waals surface area contributed by atoms with Crippen LogP contribution in [0.5, 0.6) is 0 Å². The van der Waals surface area contributed by atoms with Gasteiger partial charge in [-0.25, -0.2) is 0 Å². The maximum atomic E-state index is 11.8. The van der Waals surface area contributed by atoms with Crippen LogP contribution in [0.1, 0.15) is 180 Å². The molecule has 0 fully saturated rings. The quantitative estimate of drug-likeness (QED) is 0.0486. The largest absolute Gasteiger partial charge is 0.543 e. The van der Waals surface area contributed by atoms with Crippen molar-refractivity contribution >= 4 is 5.97 Å². The second-order valence-electron chi connectivity index (χ2n) is 13.4. The van der Waals surface area contributed by atoms with Crippen LogP contribution < -0.4 is 10.4 Å². The number of carbonyl (C=O) groups is 1. The number of nitrogens with zero attached hydrogens (tertiary/aromatic N) is 1. The summed E-state index contributed by atoms with van der Waals surface area (Å²) in [6, 6.07) is 0. The SMILES string of the molecule is CCCCCCCCCCCCCCCCCCCCCCCCCCCCNC(CCO)(C(=O)[O-])[N+](C)(C)C. The zero-order valence-corrected chi connectivity index (χ0v) is 27.7. The van der Waals surface area contributed by atoms with Gasteiger partial charge in [-0.3, -0.25) is 5.32 Å². The fraction of sp³-hybridized carbons (Fsp3) is 0.971. The number of carbonyl (C=O) groups excluding carboxylic acids is 1. The summed E-state index contributed by atoms with van der Waals surface area (Å²) in [4.78, 5) is 11.8. The van der Waals surface area contributed by atoms with Crippen molar-refractivity contribution in [2.75, 3.05) is 34.3 Å². The summed E-state index contributed by atoms with van der Waals surface area (Å²) in [7, 11) is 5.50. The maximum Gasteiger partial charge on any atom is 0.195 e. The van der Waals surface area contributed by atoms with E-state index < -0.39 is 11.6 Å². The first-order valence-corrected chi connectivity index (χ1v) is 17.7. The molecule has 0 saturated carbocycles. The number of aliphatic carboxylic acids is 1. The van der Waals surface area contributed by atoms with Crippen molar-refractivity contribution < 1.29 is 19.5 Å². The van der Waals surface area contributed by atoms with Gasteiger partial charge in [0.25, 0.3) is 0 Å². The van der Waals surface area contributed by atoms with Gasteiger partial charge in [0.1, 0.15) is 5.97 Å². The van der Waals surface area contributed by atoms with E-state index in [1.165, 1.54) is 154 Å². The van der Waals surface area contributed by atoms with Gasteiger partial charge in [0, 0.05) is 13.0 Å². The summed E-state index contributed by atoms with van der Waals surface area (Å²) >= 11 is 0. The Morgan fingerprint density at radius 2 is 0.850 bits per heavy atom. The van der Waals surface area contributed by atoms with Crippen LogP contribution in [0.4, 0.5) is 0 Å². The van der Waals surface area contributed by atoms with Crippen molar-refractivity contribution in [3.63, 3.8) is 0 Å². The summed E-state index contributed by atoms with van der Waals surface area (Å²) in [5, 5.41) is 24.4. The Labute approximate surface area is 250 Å². The van der Waals surface area contributed by atoms with Crippen LogP contribution in [0.3, 0.4) is 0 Å². The third-order valence-electron chi connectivity index (χ3n) is 8.90. The molecular weight excluding hydrogens is 496 g/mol. The van der Waals surface area contributed by atoms with Gasteiger partial charge in [-0.05, 0) is 6.42 Å². The fourth-order valence-corrected chi connectivity index (χ4v) is 6.01. The second-order valence-corrected chi connectivity index (χ2v) is 13.4. The summed E-state index contributed by atoms with van der Waals surface area (Å²) in [5.74, 6) is -1.14. The Hall–Kier alpha value is -0.650.